The van der Waals surface area contributed by atoms with Gasteiger partial charge in [0.1, 0.15) is 5.75 Å². The van der Waals surface area contributed by atoms with Gasteiger partial charge >= 0.3 is 5.97 Å². The highest BCUT2D eigenvalue weighted by Crippen LogP contribution is 2.28. The van der Waals surface area contributed by atoms with E-state index in [4.69, 9.17) is 18.7 Å². The van der Waals surface area contributed by atoms with Gasteiger partial charge in [0.05, 0.1) is 42.0 Å². The van der Waals surface area contributed by atoms with Crippen LogP contribution in [0.3, 0.4) is 0 Å². The number of carbonyl (C=O) groups is 1. The molecule has 0 atom stereocenters. The first-order chi connectivity index (χ1) is 17.0. The number of carbonyl (C=O) groups excluding carboxylic acids is 1. The number of para-hydroxylation sites is 1. The summed E-state index contributed by atoms with van der Waals surface area (Å²) in [6, 6.07) is 12.1. The van der Waals surface area contributed by atoms with Crippen molar-refractivity contribution in [2.45, 2.75) is 23.9 Å². The van der Waals surface area contributed by atoms with E-state index < -0.39 is 5.97 Å². The summed E-state index contributed by atoms with van der Waals surface area (Å²) in [6.07, 6.45) is 0.635. The molecule has 0 amide bonds. The van der Waals surface area contributed by atoms with Gasteiger partial charge in [0.15, 0.2) is 5.16 Å². The monoisotopic (exact) mass is 496 g/mol. The minimum absolute atomic E-state index is 0.203. The van der Waals surface area contributed by atoms with E-state index in [0.29, 0.717) is 70.0 Å². The van der Waals surface area contributed by atoms with Gasteiger partial charge in [-0.2, -0.15) is 4.98 Å². The number of benzene rings is 2. The Balaban J connectivity index is 1.65. The molecule has 10 nitrogen and oxygen atoms in total. The molecule has 2 aromatic heterocycles. The van der Waals surface area contributed by atoms with Crippen molar-refractivity contribution in [2.75, 3.05) is 27.9 Å². The van der Waals surface area contributed by atoms with E-state index >= 15 is 0 Å². The molecular weight excluding hydrogens is 472 g/mol. The van der Waals surface area contributed by atoms with Crippen LogP contribution in [0, 0.1) is 0 Å². The van der Waals surface area contributed by atoms with E-state index in [2.05, 4.69) is 15.1 Å². The molecule has 4 aromatic rings. The van der Waals surface area contributed by atoms with Gasteiger partial charge in [-0.3, -0.25) is 9.36 Å². The topological polar surface area (TPSA) is 119 Å². The van der Waals surface area contributed by atoms with Crippen LogP contribution in [0.15, 0.2) is 56.9 Å². The third-order valence-corrected chi connectivity index (χ3v) is 6.17. The predicted molar refractivity (Wildman–Crippen MR) is 130 cm³/mol. The molecule has 0 bridgehead atoms. The lowest BCUT2D eigenvalue weighted by Gasteiger charge is -2.13. The maximum atomic E-state index is 13.3. The normalized spacial score (nSPS) is 11.1. The Labute approximate surface area is 205 Å². The maximum absolute atomic E-state index is 13.3. The van der Waals surface area contributed by atoms with Gasteiger partial charge in [0.2, 0.25) is 11.7 Å². The smallest absolute Gasteiger partial charge is 0.337 e. The zero-order valence-corrected chi connectivity index (χ0v) is 20.3. The summed E-state index contributed by atoms with van der Waals surface area (Å²) >= 11 is 1.29. The summed E-state index contributed by atoms with van der Waals surface area (Å²) in [4.78, 5) is 34.3. The highest BCUT2D eigenvalue weighted by atomic mass is 32.2. The maximum Gasteiger partial charge on any atom is 0.337 e. The molecule has 0 spiro atoms. The molecule has 0 aliphatic heterocycles. The summed E-state index contributed by atoms with van der Waals surface area (Å²) < 4.78 is 22.3. The largest absolute Gasteiger partial charge is 0.496 e. The average molecular weight is 497 g/mol. The van der Waals surface area contributed by atoms with Gasteiger partial charge in [0.25, 0.3) is 5.56 Å². The number of rotatable bonds is 10. The molecule has 182 valence electrons. The van der Waals surface area contributed by atoms with Crippen molar-refractivity contribution in [3.8, 4) is 17.1 Å². The van der Waals surface area contributed by atoms with E-state index in [1.54, 1.807) is 37.0 Å². The second-order valence-corrected chi connectivity index (χ2v) is 8.36. The van der Waals surface area contributed by atoms with Crippen molar-refractivity contribution >= 4 is 28.6 Å². The summed E-state index contributed by atoms with van der Waals surface area (Å²) in [5.41, 5.74) is 1.23. The van der Waals surface area contributed by atoms with Gasteiger partial charge in [-0.1, -0.05) is 29.1 Å². The van der Waals surface area contributed by atoms with Gasteiger partial charge in [-0.05, 0) is 36.8 Å². The van der Waals surface area contributed by atoms with Crippen LogP contribution in [-0.2, 0) is 21.8 Å². The van der Waals surface area contributed by atoms with E-state index in [1.165, 1.54) is 18.9 Å². The molecule has 2 heterocycles. The Morgan fingerprint density at radius 1 is 1.11 bits per heavy atom. The Morgan fingerprint density at radius 2 is 1.94 bits per heavy atom. The van der Waals surface area contributed by atoms with Gasteiger partial charge in [0, 0.05) is 20.3 Å². The number of nitrogens with zero attached hydrogens (tertiary/aromatic N) is 4. The zero-order chi connectivity index (χ0) is 24.8. The first-order valence-electron chi connectivity index (χ1n) is 10.8. The summed E-state index contributed by atoms with van der Waals surface area (Å²) in [5.74, 6) is 1.21. The Kier molecular flexibility index (Phi) is 7.78. The van der Waals surface area contributed by atoms with E-state index in [1.807, 2.05) is 24.3 Å². The first-order valence-corrected chi connectivity index (χ1v) is 11.7. The van der Waals surface area contributed by atoms with Crippen molar-refractivity contribution in [1.82, 2.24) is 19.7 Å². The van der Waals surface area contributed by atoms with Crippen molar-refractivity contribution in [2.24, 2.45) is 0 Å². The second-order valence-electron chi connectivity index (χ2n) is 7.42. The lowest BCUT2D eigenvalue weighted by Crippen LogP contribution is -2.24. The number of hydrogen-bond acceptors (Lipinski definition) is 10. The molecular formula is C24H24N4O6S. The van der Waals surface area contributed by atoms with Gasteiger partial charge < -0.3 is 18.7 Å². The molecule has 0 saturated carbocycles. The zero-order valence-electron chi connectivity index (χ0n) is 19.5. The first kappa shape index (κ1) is 24.4. The van der Waals surface area contributed by atoms with Crippen LogP contribution in [0.5, 0.6) is 5.75 Å². The van der Waals surface area contributed by atoms with Crippen molar-refractivity contribution in [1.29, 1.82) is 0 Å². The van der Waals surface area contributed by atoms with Gasteiger partial charge in [-0.15, -0.1) is 0 Å². The standard InChI is InChI=1S/C24H24N4O6S/c1-31-12-6-11-28-22(29)16-10-9-15(23(30)33-3)13-18(16)25-24(28)35-14-20-26-21(27-34-20)17-7-4-5-8-19(17)32-2/h4-5,7-10,13H,6,11-12,14H2,1-3H3. The molecule has 0 radical (unpaired) electrons. The number of fused-ring (bicyclic) bond motifs is 1. The van der Waals surface area contributed by atoms with Crippen LogP contribution in [0.2, 0.25) is 0 Å². The number of methoxy groups -OCH3 is 3. The van der Waals surface area contributed by atoms with Crippen molar-refractivity contribution in [3.63, 3.8) is 0 Å². The third kappa shape index (κ3) is 5.36. The van der Waals surface area contributed by atoms with Crippen molar-refractivity contribution in [3.05, 3.63) is 64.3 Å². The van der Waals surface area contributed by atoms with E-state index in [-0.39, 0.29) is 5.56 Å². The van der Waals surface area contributed by atoms with E-state index in [9.17, 15) is 9.59 Å². The van der Waals surface area contributed by atoms with Crippen molar-refractivity contribution < 1.29 is 23.5 Å². The second kappa shape index (κ2) is 11.2. The third-order valence-electron chi connectivity index (χ3n) is 5.21. The van der Waals surface area contributed by atoms with Crippen LogP contribution in [-0.4, -0.2) is 53.6 Å². The SMILES string of the molecule is COCCCn1c(SCc2nc(-c3ccccc3OC)no2)nc2cc(C(=O)OC)ccc2c1=O. The minimum Gasteiger partial charge on any atom is -0.496 e. The van der Waals surface area contributed by atoms with Crippen LogP contribution < -0.4 is 10.3 Å². The molecule has 11 heteroatoms. The van der Waals surface area contributed by atoms with Crippen LogP contribution in [0.1, 0.15) is 22.7 Å². The number of esters is 1. The van der Waals surface area contributed by atoms with Crippen LogP contribution >= 0.6 is 11.8 Å². The Hall–Kier alpha value is -3.70. The van der Waals surface area contributed by atoms with E-state index in [0.717, 1.165) is 0 Å². The lowest BCUT2D eigenvalue weighted by molar-refractivity contribution is 0.0601. The molecule has 35 heavy (non-hydrogen) atoms. The van der Waals surface area contributed by atoms with Gasteiger partial charge in [-0.25, -0.2) is 9.78 Å². The van der Waals surface area contributed by atoms with Crippen LogP contribution in [0.25, 0.3) is 22.3 Å². The summed E-state index contributed by atoms with van der Waals surface area (Å²) in [5, 5.41) is 4.94. The molecule has 0 saturated heterocycles. The number of aromatic nitrogens is 4. The molecule has 0 unspecified atom stereocenters. The Morgan fingerprint density at radius 3 is 2.71 bits per heavy atom. The highest BCUT2D eigenvalue weighted by molar-refractivity contribution is 7.98. The summed E-state index contributed by atoms with van der Waals surface area (Å²) in [7, 11) is 4.49. The fourth-order valence-electron chi connectivity index (χ4n) is 3.50. The molecule has 0 N–H and O–H groups in total. The molecule has 0 aliphatic carbocycles. The molecule has 0 aliphatic rings. The number of thioether (sulfide) groups is 1. The quantitative estimate of drug-likeness (QED) is 0.139. The molecule has 0 fully saturated rings. The highest BCUT2D eigenvalue weighted by Gasteiger charge is 2.17. The molecule has 2 aromatic carbocycles. The predicted octanol–water partition coefficient (Wildman–Crippen LogP) is 3.57. The van der Waals surface area contributed by atoms with Crippen LogP contribution in [0.4, 0.5) is 0 Å². The molecule has 4 rings (SSSR count). The number of ether oxygens (including phenoxy) is 3. The minimum atomic E-state index is -0.498. The summed E-state index contributed by atoms with van der Waals surface area (Å²) in [6.45, 7) is 0.925. The Bertz CT molecular complexity index is 1400. The lowest BCUT2D eigenvalue weighted by atomic mass is 10.1. The fourth-order valence-corrected chi connectivity index (χ4v) is 4.36. The number of hydrogen-bond donors (Lipinski definition) is 0. The fraction of sp³-hybridized carbons (Fsp3) is 0.292. The average Bonchev–Trinajstić information content (AvgIpc) is 3.37.